The van der Waals surface area contributed by atoms with Gasteiger partial charge in [-0.2, -0.15) is 0 Å². The van der Waals surface area contributed by atoms with Gasteiger partial charge in [0.25, 0.3) is 0 Å². The van der Waals surface area contributed by atoms with Crippen molar-refractivity contribution in [2.45, 2.75) is 27.2 Å². The summed E-state index contributed by atoms with van der Waals surface area (Å²) in [5, 5.41) is 3.48. The van der Waals surface area contributed by atoms with Gasteiger partial charge >= 0.3 is 0 Å². The van der Waals surface area contributed by atoms with Crippen LogP contribution in [-0.2, 0) is 0 Å². The van der Waals surface area contributed by atoms with Gasteiger partial charge in [0.05, 0.1) is 0 Å². The normalized spacial score (nSPS) is 42.9. The lowest BCUT2D eigenvalue weighted by Crippen LogP contribution is -2.22. The van der Waals surface area contributed by atoms with Crippen molar-refractivity contribution in [2.24, 2.45) is 17.8 Å². The molecule has 60 valence electrons. The minimum absolute atomic E-state index is 0.866. The first-order valence-corrected chi connectivity index (χ1v) is 4.41. The molecule has 1 saturated heterocycles. The second kappa shape index (κ2) is 3.38. The summed E-state index contributed by atoms with van der Waals surface area (Å²) in [7, 11) is 0. The summed E-state index contributed by atoms with van der Waals surface area (Å²) in [6.45, 7) is 9.48. The Kier molecular flexibility index (Phi) is 2.72. The standard InChI is InChI=1S/C9H19N/c1-7-4-8(2)9(3)6-10-5-7/h7-10H,4-6H2,1-3H3/t7?,8?,9-/m0/s1. The van der Waals surface area contributed by atoms with Crippen LogP contribution >= 0.6 is 0 Å². The van der Waals surface area contributed by atoms with Crippen molar-refractivity contribution in [3.8, 4) is 0 Å². The highest BCUT2D eigenvalue weighted by atomic mass is 14.9. The van der Waals surface area contributed by atoms with Gasteiger partial charge in [-0.1, -0.05) is 20.8 Å². The Bertz CT molecular complexity index is 101. The number of hydrogen-bond acceptors (Lipinski definition) is 1. The number of rotatable bonds is 0. The maximum absolute atomic E-state index is 3.48. The fraction of sp³-hybridized carbons (Fsp3) is 1.00. The lowest BCUT2D eigenvalue weighted by Gasteiger charge is -2.16. The smallest absolute Gasteiger partial charge is 0.00205 e. The Labute approximate surface area is 64.2 Å². The van der Waals surface area contributed by atoms with Crippen LogP contribution in [0.2, 0.25) is 0 Å². The molecule has 0 amide bonds. The minimum atomic E-state index is 0.866. The van der Waals surface area contributed by atoms with E-state index >= 15 is 0 Å². The van der Waals surface area contributed by atoms with Gasteiger partial charge in [-0.3, -0.25) is 0 Å². The third-order valence-corrected chi connectivity index (χ3v) is 2.70. The fourth-order valence-electron chi connectivity index (χ4n) is 1.71. The molecule has 1 fully saturated rings. The molecule has 1 heteroatoms. The van der Waals surface area contributed by atoms with Crippen molar-refractivity contribution in [1.29, 1.82) is 0 Å². The van der Waals surface area contributed by atoms with E-state index in [2.05, 4.69) is 26.1 Å². The summed E-state index contributed by atoms with van der Waals surface area (Å²) >= 11 is 0. The third kappa shape index (κ3) is 1.98. The Balaban J connectivity index is 2.41. The first kappa shape index (κ1) is 8.06. The highest BCUT2D eigenvalue weighted by Crippen LogP contribution is 2.21. The van der Waals surface area contributed by atoms with Crippen LogP contribution in [0.15, 0.2) is 0 Å². The molecule has 2 unspecified atom stereocenters. The molecule has 0 saturated carbocycles. The lowest BCUT2D eigenvalue weighted by atomic mass is 9.89. The van der Waals surface area contributed by atoms with E-state index in [0.717, 1.165) is 17.8 Å². The molecule has 0 aromatic heterocycles. The van der Waals surface area contributed by atoms with Gasteiger partial charge in [-0.05, 0) is 37.3 Å². The number of nitrogens with one attached hydrogen (secondary N) is 1. The molecule has 1 aliphatic heterocycles. The van der Waals surface area contributed by atoms with E-state index in [9.17, 15) is 0 Å². The lowest BCUT2D eigenvalue weighted by molar-refractivity contribution is 0.357. The zero-order valence-electron chi connectivity index (χ0n) is 7.35. The van der Waals surface area contributed by atoms with Crippen molar-refractivity contribution in [3.63, 3.8) is 0 Å². The van der Waals surface area contributed by atoms with Crippen molar-refractivity contribution < 1.29 is 0 Å². The maximum Gasteiger partial charge on any atom is -0.00205 e. The van der Waals surface area contributed by atoms with Crippen LogP contribution in [0.4, 0.5) is 0 Å². The van der Waals surface area contributed by atoms with E-state index in [4.69, 9.17) is 0 Å². The minimum Gasteiger partial charge on any atom is -0.316 e. The zero-order valence-corrected chi connectivity index (χ0v) is 7.35. The van der Waals surface area contributed by atoms with Gasteiger partial charge in [0.1, 0.15) is 0 Å². The van der Waals surface area contributed by atoms with E-state index in [0.29, 0.717) is 0 Å². The van der Waals surface area contributed by atoms with Crippen LogP contribution < -0.4 is 5.32 Å². The summed E-state index contributed by atoms with van der Waals surface area (Å²) < 4.78 is 0. The molecule has 1 aliphatic rings. The largest absolute Gasteiger partial charge is 0.316 e. The van der Waals surface area contributed by atoms with E-state index in [1.807, 2.05) is 0 Å². The molecule has 1 N–H and O–H groups in total. The van der Waals surface area contributed by atoms with Crippen LogP contribution in [-0.4, -0.2) is 13.1 Å². The highest BCUT2D eigenvalue weighted by Gasteiger charge is 2.18. The SMILES string of the molecule is CC1CNC[C@H](C)C(C)C1. The Morgan fingerprint density at radius 3 is 2.40 bits per heavy atom. The molecule has 1 heterocycles. The van der Waals surface area contributed by atoms with Crippen molar-refractivity contribution in [1.82, 2.24) is 5.32 Å². The first-order chi connectivity index (χ1) is 4.70. The van der Waals surface area contributed by atoms with E-state index in [1.165, 1.54) is 19.5 Å². The Morgan fingerprint density at radius 1 is 1.00 bits per heavy atom. The van der Waals surface area contributed by atoms with Gasteiger partial charge < -0.3 is 5.32 Å². The topological polar surface area (TPSA) is 12.0 Å². The maximum atomic E-state index is 3.48. The average molecular weight is 141 g/mol. The number of hydrogen-bond donors (Lipinski definition) is 1. The molecule has 0 bridgehead atoms. The van der Waals surface area contributed by atoms with Crippen LogP contribution in [0.25, 0.3) is 0 Å². The van der Waals surface area contributed by atoms with Crippen molar-refractivity contribution >= 4 is 0 Å². The predicted molar refractivity (Wildman–Crippen MR) is 45.0 cm³/mol. The van der Waals surface area contributed by atoms with Crippen LogP contribution in [0.1, 0.15) is 27.2 Å². The van der Waals surface area contributed by atoms with E-state index in [-0.39, 0.29) is 0 Å². The molecule has 0 spiro atoms. The van der Waals surface area contributed by atoms with Crippen LogP contribution in [0.5, 0.6) is 0 Å². The summed E-state index contributed by atoms with van der Waals surface area (Å²) in [5.41, 5.74) is 0. The third-order valence-electron chi connectivity index (χ3n) is 2.70. The van der Waals surface area contributed by atoms with Gasteiger partial charge in [0, 0.05) is 0 Å². The molecule has 0 aromatic rings. The van der Waals surface area contributed by atoms with Crippen molar-refractivity contribution in [3.05, 3.63) is 0 Å². The quantitative estimate of drug-likeness (QED) is 0.543. The predicted octanol–water partition coefficient (Wildman–Crippen LogP) is 1.89. The van der Waals surface area contributed by atoms with E-state index < -0.39 is 0 Å². The highest BCUT2D eigenvalue weighted by molar-refractivity contribution is 4.73. The Hall–Kier alpha value is -0.0400. The molecule has 10 heavy (non-hydrogen) atoms. The molecule has 1 nitrogen and oxygen atoms in total. The summed E-state index contributed by atoms with van der Waals surface area (Å²) in [5.74, 6) is 2.65. The van der Waals surface area contributed by atoms with Crippen molar-refractivity contribution in [2.75, 3.05) is 13.1 Å². The van der Waals surface area contributed by atoms with Gasteiger partial charge in [-0.15, -0.1) is 0 Å². The molecule has 3 atom stereocenters. The zero-order chi connectivity index (χ0) is 7.56. The monoisotopic (exact) mass is 141 g/mol. The molecular weight excluding hydrogens is 122 g/mol. The summed E-state index contributed by atoms with van der Waals surface area (Å²) in [6, 6.07) is 0. The van der Waals surface area contributed by atoms with Gasteiger partial charge in [-0.25, -0.2) is 0 Å². The second-order valence-corrected chi connectivity index (χ2v) is 3.95. The summed E-state index contributed by atoms with van der Waals surface area (Å²) in [4.78, 5) is 0. The average Bonchev–Trinajstić information content (AvgIpc) is 1.96. The molecule has 0 radical (unpaired) electrons. The summed E-state index contributed by atoms with van der Waals surface area (Å²) in [6.07, 6.45) is 1.40. The molecule has 1 rings (SSSR count). The molecule has 0 aromatic carbocycles. The molecule has 0 aliphatic carbocycles. The first-order valence-electron chi connectivity index (χ1n) is 4.41. The van der Waals surface area contributed by atoms with Crippen LogP contribution in [0, 0.1) is 17.8 Å². The fourth-order valence-corrected chi connectivity index (χ4v) is 1.71. The molecular formula is C9H19N. The second-order valence-electron chi connectivity index (χ2n) is 3.95. The van der Waals surface area contributed by atoms with Gasteiger partial charge in [0.15, 0.2) is 0 Å². The van der Waals surface area contributed by atoms with E-state index in [1.54, 1.807) is 0 Å². The van der Waals surface area contributed by atoms with Crippen LogP contribution in [0.3, 0.4) is 0 Å². The Morgan fingerprint density at radius 2 is 1.70 bits per heavy atom. The van der Waals surface area contributed by atoms with Gasteiger partial charge in [0.2, 0.25) is 0 Å².